The van der Waals surface area contributed by atoms with Gasteiger partial charge >= 0.3 is 6.03 Å². The highest BCUT2D eigenvalue weighted by molar-refractivity contribution is 5.99. The van der Waals surface area contributed by atoms with Crippen LogP contribution in [0.15, 0.2) is 22.7 Å². The average molecular weight is 293 g/mol. The molecule has 2 aromatic rings. The molecule has 0 aliphatic heterocycles. The van der Waals surface area contributed by atoms with E-state index < -0.39 is 23.4 Å². The number of urea groups is 1. The van der Waals surface area contributed by atoms with Crippen LogP contribution in [-0.4, -0.2) is 11.2 Å². The molecule has 0 unspecified atom stereocenters. The zero-order valence-electron chi connectivity index (χ0n) is 11.1. The summed E-state index contributed by atoms with van der Waals surface area (Å²) in [5, 5.41) is 8.46. The predicted octanol–water partition coefficient (Wildman–Crippen LogP) is 3.48. The first-order chi connectivity index (χ1) is 10.1. The molecule has 2 amide bonds. The van der Waals surface area contributed by atoms with E-state index in [1.807, 2.05) is 0 Å². The second-order valence-electron chi connectivity index (χ2n) is 4.82. The fourth-order valence-electron chi connectivity index (χ4n) is 2.35. The molecule has 0 bridgehead atoms. The summed E-state index contributed by atoms with van der Waals surface area (Å²) in [6, 6.07) is 2.58. The fraction of sp³-hybridized carbons (Fsp3) is 0.286. The third-order valence-electron chi connectivity index (χ3n) is 3.39. The van der Waals surface area contributed by atoms with Crippen LogP contribution < -0.4 is 10.6 Å². The minimum atomic E-state index is -0.843. The SMILES string of the molecule is O=C(Nc1onc2c1CCCC2)Nc1c(F)cccc1F. The number of amides is 2. The van der Waals surface area contributed by atoms with Crippen LogP contribution in [-0.2, 0) is 12.8 Å². The van der Waals surface area contributed by atoms with Crippen molar-refractivity contribution in [2.45, 2.75) is 25.7 Å². The Morgan fingerprint density at radius 3 is 2.62 bits per heavy atom. The molecular weight excluding hydrogens is 280 g/mol. The predicted molar refractivity (Wildman–Crippen MR) is 72.1 cm³/mol. The van der Waals surface area contributed by atoms with Gasteiger partial charge in [0.25, 0.3) is 0 Å². The van der Waals surface area contributed by atoms with Crippen molar-refractivity contribution < 1.29 is 18.1 Å². The Morgan fingerprint density at radius 1 is 1.14 bits per heavy atom. The van der Waals surface area contributed by atoms with E-state index in [1.54, 1.807) is 0 Å². The van der Waals surface area contributed by atoms with Crippen molar-refractivity contribution in [3.05, 3.63) is 41.1 Å². The molecule has 1 heterocycles. The van der Waals surface area contributed by atoms with Crippen molar-refractivity contribution in [1.82, 2.24) is 5.16 Å². The Balaban J connectivity index is 1.74. The van der Waals surface area contributed by atoms with Crippen LogP contribution >= 0.6 is 0 Å². The van der Waals surface area contributed by atoms with Gasteiger partial charge in [-0.1, -0.05) is 11.2 Å². The maximum Gasteiger partial charge on any atom is 0.326 e. The number of aromatic nitrogens is 1. The van der Waals surface area contributed by atoms with Crippen LogP contribution in [0.5, 0.6) is 0 Å². The lowest BCUT2D eigenvalue weighted by molar-refractivity contribution is 0.261. The number of fused-ring (bicyclic) bond motifs is 1. The summed E-state index contributed by atoms with van der Waals surface area (Å²) in [5.74, 6) is -1.45. The molecule has 21 heavy (non-hydrogen) atoms. The van der Waals surface area contributed by atoms with Gasteiger partial charge in [-0.15, -0.1) is 0 Å². The van der Waals surface area contributed by atoms with Gasteiger partial charge in [0, 0.05) is 5.56 Å². The number of halogens is 2. The number of para-hydroxylation sites is 1. The van der Waals surface area contributed by atoms with Crippen LogP contribution in [0, 0.1) is 11.6 Å². The number of aryl methyl sites for hydroxylation is 1. The largest absolute Gasteiger partial charge is 0.338 e. The Morgan fingerprint density at radius 2 is 1.86 bits per heavy atom. The summed E-state index contributed by atoms with van der Waals surface area (Å²) in [6.45, 7) is 0. The van der Waals surface area contributed by atoms with E-state index in [2.05, 4.69) is 15.8 Å². The summed E-state index contributed by atoms with van der Waals surface area (Å²) in [5.41, 5.74) is 1.18. The number of carbonyl (C=O) groups excluding carboxylic acids is 1. The minimum absolute atomic E-state index is 0.235. The van der Waals surface area contributed by atoms with Gasteiger partial charge in [0.15, 0.2) is 0 Å². The molecule has 110 valence electrons. The van der Waals surface area contributed by atoms with Crippen LogP contribution in [0.3, 0.4) is 0 Å². The maximum absolute atomic E-state index is 13.4. The zero-order chi connectivity index (χ0) is 14.8. The molecule has 0 atom stereocenters. The zero-order valence-corrected chi connectivity index (χ0v) is 11.1. The highest BCUT2D eigenvalue weighted by Gasteiger charge is 2.21. The van der Waals surface area contributed by atoms with Gasteiger partial charge in [-0.05, 0) is 37.8 Å². The first kappa shape index (κ1) is 13.5. The van der Waals surface area contributed by atoms with Crippen LogP contribution in [0.4, 0.5) is 25.1 Å². The molecule has 0 saturated heterocycles. The molecule has 1 aliphatic rings. The summed E-state index contributed by atoms with van der Waals surface area (Å²) in [6.07, 6.45) is 3.60. The van der Waals surface area contributed by atoms with Crippen LogP contribution in [0.1, 0.15) is 24.1 Å². The van der Waals surface area contributed by atoms with Gasteiger partial charge < -0.3 is 9.84 Å². The molecule has 1 aliphatic carbocycles. The number of benzene rings is 1. The standard InChI is InChI=1S/C14H13F2N3O2/c15-9-5-3-6-10(16)12(9)17-14(20)18-13-8-4-1-2-7-11(8)19-21-13/h3,5-6H,1-2,4,7H2,(H2,17,18,20). The Bertz CT molecular complexity index is 665. The second kappa shape index (κ2) is 5.51. The molecule has 0 fully saturated rings. The van der Waals surface area contributed by atoms with Gasteiger partial charge in [-0.25, -0.2) is 13.6 Å². The van der Waals surface area contributed by atoms with E-state index in [9.17, 15) is 13.6 Å². The van der Waals surface area contributed by atoms with Crippen molar-refractivity contribution in [3.8, 4) is 0 Å². The molecule has 0 spiro atoms. The van der Waals surface area contributed by atoms with E-state index in [4.69, 9.17) is 4.52 Å². The highest BCUT2D eigenvalue weighted by Crippen LogP contribution is 2.27. The lowest BCUT2D eigenvalue weighted by atomic mass is 9.98. The summed E-state index contributed by atoms with van der Waals surface area (Å²) in [4.78, 5) is 11.8. The number of rotatable bonds is 2. The number of hydrogen-bond donors (Lipinski definition) is 2. The number of carbonyl (C=O) groups is 1. The van der Waals surface area contributed by atoms with Crippen molar-refractivity contribution in [1.29, 1.82) is 0 Å². The number of nitrogens with one attached hydrogen (secondary N) is 2. The van der Waals surface area contributed by atoms with E-state index in [0.29, 0.717) is 0 Å². The van der Waals surface area contributed by atoms with Gasteiger partial charge in [0.2, 0.25) is 5.88 Å². The second-order valence-corrected chi connectivity index (χ2v) is 4.82. The minimum Gasteiger partial charge on any atom is -0.338 e. The van der Waals surface area contributed by atoms with E-state index >= 15 is 0 Å². The number of anilines is 2. The van der Waals surface area contributed by atoms with Crippen molar-refractivity contribution in [2.75, 3.05) is 10.6 Å². The van der Waals surface area contributed by atoms with Gasteiger partial charge in [0.05, 0.1) is 5.69 Å². The Kier molecular flexibility index (Phi) is 3.55. The van der Waals surface area contributed by atoms with Gasteiger partial charge in [-0.2, -0.15) is 0 Å². The normalized spacial score (nSPS) is 13.6. The quantitative estimate of drug-likeness (QED) is 0.890. The Labute approximate surface area is 119 Å². The topological polar surface area (TPSA) is 67.2 Å². The molecule has 0 saturated carbocycles. The van der Waals surface area contributed by atoms with E-state index in [-0.39, 0.29) is 5.88 Å². The monoisotopic (exact) mass is 293 g/mol. The molecule has 2 N–H and O–H groups in total. The summed E-state index contributed by atoms with van der Waals surface area (Å²) in [7, 11) is 0. The smallest absolute Gasteiger partial charge is 0.326 e. The summed E-state index contributed by atoms with van der Waals surface area (Å²) >= 11 is 0. The van der Waals surface area contributed by atoms with Crippen molar-refractivity contribution >= 4 is 17.6 Å². The molecule has 1 aromatic carbocycles. The van der Waals surface area contributed by atoms with Crippen molar-refractivity contribution in [2.24, 2.45) is 0 Å². The van der Waals surface area contributed by atoms with Gasteiger partial charge in [0.1, 0.15) is 17.3 Å². The third-order valence-corrected chi connectivity index (χ3v) is 3.39. The summed E-state index contributed by atoms with van der Waals surface area (Å²) < 4.78 is 32.0. The van der Waals surface area contributed by atoms with Crippen molar-refractivity contribution in [3.63, 3.8) is 0 Å². The third kappa shape index (κ3) is 2.72. The van der Waals surface area contributed by atoms with E-state index in [0.717, 1.165) is 49.1 Å². The average Bonchev–Trinajstić information content (AvgIpc) is 2.87. The van der Waals surface area contributed by atoms with Crippen LogP contribution in [0.25, 0.3) is 0 Å². The fourth-order valence-corrected chi connectivity index (χ4v) is 2.35. The highest BCUT2D eigenvalue weighted by atomic mass is 19.1. The lowest BCUT2D eigenvalue weighted by Gasteiger charge is -2.10. The first-order valence-corrected chi connectivity index (χ1v) is 6.64. The molecular formula is C14H13F2N3O2. The lowest BCUT2D eigenvalue weighted by Crippen LogP contribution is -2.21. The molecule has 7 heteroatoms. The molecule has 0 radical (unpaired) electrons. The van der Waals surface area contributed by atoms with Crippen LogP contribution in [0.2, 0.25) is 0 Å². The Hall–Kier alpha value is -2.44. The first-order valence-electron chi connectivity index (χ1n) is 6.64. The maximum atomic E-state index is 13.4. The number of hydrogen-bond acceptors (Lipinski definition) is 3. The van der Waals surface area contributed by atoms with E-state index in [1.165, 1.54) is 6.07 Å². The molecule has 5 nitrogen and oxygen atoms in total. The molecule has 1 aromatic heterocycles. The van der Waals surface area contributed by atoms with Gasteiger partial charge in [-0.3, -0.25) is 5.32 Å². The number of nitrogens with zero attached hydrogens (tertiary/aromatic N) is 1. The molecule has 3 rings (SSSR count).